The van der Waals surface area contributed by atoms with Gasteiger partial charge in [-0.2, -0.15) is 0 Å². The Morgan fingerprint density at radius 1 is 1.21 bits per heavy atom. The zero-order valence-electron chi connectivity index (χ0n) is 15.6. The molecule has 0 aromatic carbocycles. The van der Waals surface area contributed by atoms with Crippen LogP contribution >= 0.6 is 0 Å². The van der Waals surface area contributed by atoms with Crippen LogP contribution in [0.2, 0.25) is 0 Å². The van der Waals surface area contributed by atoms with Crippen LogP contribution in [-0.4, -0.2) is 42.7 Å². The number of aryl methyl sites for hydroxylation is 2. The summed E-state index contributed by atoms with van der Waals surface area (Å²) in [5.74, 6) is 0.575. The van der Waals surface area contributed by atoms with Crippen LogP contribution < -0.4 is 11.2 Å². The van der Waals surface area contributed by atoms with Crippen molar-refractivity contribution < 1.29 is 0 Å². The van der Waals surface area contributed by atoms with Crippen LogP contribution in [0.3, 0.4) is 0 Å². The van der Waals surface area contributed by atoms with Crippen molar-refractivity contribution in [2.45, 2.75) is 46.7 Å². The summed E-state index contributed by atoms with van der Waals surface area (Å²) in [5.41, 5.74) is 0.353. The van der Waals surface area contributed by atoms with Crippen LogP contribution in [0.4, 0.5) is 0 Å². The van der Waals surface area contributed by atoms with E-state index < -0.39 is 0 Å². The fraction of sp³-hybridized carbons (Fsp3) is 0.706. The number of hydrogen-bond donors (Lipinski definition) is 0. The third-order valence-corrected chi connectivity index (χ3v) is 4.98. The van der Waals surface area contributed by atoms with Gasteiger partial charge in [0.15, 0.2) is 11.2 Å². The first-order chi connectivity index (χ1) is 11.3. The molecule has 0 bridgehead atoms. The second-order valence-electron chi connectivity index (χ2n) is 6.79. The number of imidazole rings is 1. The van der Waals surface area contributed by atoms with E-state index in [1.807, 2.05) is 0 Å². The average molecular weight is 335 g/mol. The molecule has 0 aliphatic rings. The lowest BCUT2D eigenvalue weighted by Gasteiger charge is -2.30. The largest absolute Gasteiger partial charge is 0.332 e. The van der Waals surface area contributed by atoms with Gasteiger partial charge in [-0.3, -0.25) is 13.9 Å². The Balaban J connectivity index is 2.23. The van der Waals surface area contributed by atoms with Gasteiger partial charge in [0.05, 0.1) is 6.33 Å². The summed E-state index contributed by atoms with van der Waals surface area (Å²) in [7, 11) is 3.43. The van der Waals surface area contributed by atoms with Gasteiger partial charge < -0.3 is 9.47 Å². The van der Waals surface area contributed by atoms with E-state index in [2.05, 4.69) is 37.6 Å². The second-order valence-corrected chi connectivity index (χ2v) is 6.79. The van der Waals surface area contributed by atoms with E-state index in [4.69, 9.17) is 0 Å². The quantitative estimate of drug-likeness (QED) is 0.762. The molecule has 134 valence electrons. The summed E-state index contributed by atoms with van der Waals surface area (Å²) in [6.45, 7) is 11.1. The van der Waals surface area contributed by atoms with Crippen molar-refractivity contribution in [2.24, 2.45) is 20.0 Å². The van der Waals surface area contributed by atoms with Crippen molar-refractivity contribution >= 4 is 11.2 Å². The monoisotopic (exact) mass is 335 g/mol. The van der Waals surface area contributed by atoms with E-state index in [0.29, 0.717) is 29.7 Å². The highest BCUT2D eigenvalue weighted by Gasteiger charge is 2.17. The van der Waals surface area contributed by atoms with Gasteiger partial charge in [-0.15, -0.1) is 0 Å². The van der Waals surface area contributed by atoms with Gasteiger partial charge >= 0.3 is 5.69 Å². The predicted molar refractivity (Wildman–Crippen MR) is 96.4 cm³/mol. The molecule has 7 nitrogen and oxygen atoms in total. The maximum Gasteiger partial charge on any atom is 0.332 e. The van der Waals surface area contributed by atoms with Crippen molar-refractivity contribution in [3.8, 4) is 0 Å². The van der Waals surface area contributed by atoms with E-state index in [-0.39, 0.29) is 11.2 Å². The molecule has 0 amide bonds. The zero-order valence-corrected chi connectivity index (χ0v) is 15.6. The van der Waals surface area contributed by atoms with E-state index in [0.717, 1.165) is 19.5 Å². The lowest BCUT2D eigenvalue weighted by Crippen LogP contribution is -2.41. The van der Waals surface area contributed by atoms with Crippen molar-refractivity contribution in [1.82, 2.24) is 23.6 Å². The first-order valence-corrected chi connectivity index (χ1v) is 8.64. The van der Waals surface area contributed by atoms with Crippen molar-refractivity contribution in [2.75, 3.05) is 13.1 Å². The SMILES string of the molecule is CCN(CCCn1c(=O)c2c(ncn2C)n(C)c1=O)C(C)C(C)C. The standard InChI is InChI=1S/C17H29N5O2/c1-7-21(13(4)12(2)3)9-8-10-22-16(23)14-15(18-11-19(14)5)20(6)17(22)24/h11-13H,7-10H2,1-6H3. The fourth-order valence-electron chi connectivity index (χ4n) is 3.10. The molecule has 1 unspecified atom stereocenters. The third-order valence-electron chi connectivity index (χ3n) is 4.98. The van der Waals surface area contributed by atoms with Crippen LogP contribution in [-0.2, 0) is 20.6 Å². The number of aromatic nitrogens is 4. The van der Waals surface area contributed by atoms with Gasteiger partial charge in [-0.05, 0) is 25.8 Å². The van der Waals surface area contributed by atoms with Gasteiger partial charge in [0.25, 0.3) is 5.56 Å². The van der Waals surface area contributed by atoms with Gasteiger partial charge in [0.2, 0.25) is 0 Å². The van der Waals surface area contributed by atoms with Crippen LogP contribution in [0.1, 0.15) is 34.1 Å². The van der Waals surface area contributed by atoms with Crippen LogP contribution in [0.25, 0.3) is 11.2 Å². The molecular formula is C17H29N5O2. The molecule has 0 aliphatic heterocycles. The average Bonchev–Trinajstić information content (AvgIpc) is 2.93. The van der Waals surface area contributed by atoms with Crippen molar-refractivity contribution in [1.29, 1.82) is 0 Å². The van der Waals surface area contributed by atoms with Gasteiger partial charge in [-0.1, -0.05) is 20.8 Å². The number of hydrogen-bond acceptors (Lipinski definition) is 4. The fourth-order valence-corrected chi connectivity index (χ4v) is 3.10. The predicted octanol–water partition coefficient (Wildman–Crippen LogP) is 1.19. The molecule has 0 fully saturated rings. The first-order valence-electron chi connectivity index (χ1n) is 8.64. The Labute approximate surface area is 142 Å². The smallest absolute Gasteiger partial charge is 0.328 e. The lowest BCUT2D eigenvalue weighted by molar-refractivity contribution is 0.172. The normalized spacial score (nSPS) is 13.3. The van der Waals surface area contributed by atoms with Crippen LogP contribution in [0.15, 0.2) is 15.9 Å². The Bertz CT molecular complexity index is 815. The zero-order chi connectivity index (χ0) is 18.0. The third kappa shape index (κ3) is 3.31. The lowest BCUT2D eigenvalue weighted by atomic mass is 10.0. The van der Waals surface area contributed by atoms with Crippen LogP contribution in [0.5, 0.6) is 0 Å². The minimum Gasteiger partial charge on any atom is -0.328 e. The Hall–Kier alpha value is -1.89. The summed E-state index contributed by atoms with van der Waals surface area (Å²) >= 11 is 0. The highest BCUT2D eigenvalue weighted by atomic mass is 16.2. The van der Waals surface area contributed by atoms with Crippen molar-refractivity contribution in [3.05, 3.63) is 27.2 Å². The molecule has 24 heavy (non-hydrogen) atoms. The Morgan fingerprint density at radius 2 is 1.88 bits per heavy atom. The maximum absolute atomic E-state index is 12.6. The summed E-state index contributed by atoms with van der Waals surface area (Å²) < 4.78 is 4.45. The molecular weight excluding hydrogens is 306 g/mol. The molecule has 0 N–H and O–H groups in total. The maximum atomic E-state index is 12.6. The topological polar surface area (TPSA) is 65.1 Å². The molecule has 0 radical (unpaired) electrons. The Morgan fingerprint density at radius 3 is 2.46 bits per heavy atom. The molecule has 2 heterocycles. The summed E-state index contributed by atoms with van der Waals surface area (Å²) in [4.78, 5) is 31.7. The molecule has 0 saturated heterocycles. The van der Waals surface area contributed by atoms with Gasteiger partial charge in [0, 0.05) is 33.2 Å². The summed E-state index contributed by atoms with van der Waals surface area (Å²) in [5, 5.41) is 0. The number of fused-ring (bicyclic) bond motifs is 1. The van der Waals surface area contributed by atoms with E-state index in [9.17, 15) is 9.59 Å². The highest BCUT2D eigenvalue weighted by Crippen LogP contribution is 2.10. The Kier molecular flexibility index (Phi) is 5.64. The molecule has 0 aliphatic carbocycles. The molecule has 2 rings (SSSR count). The minimum atomic E-state index is -0.300. The molecule has 2 aromatic rings. The molecule has 0 spiro atoms. The first kappa shape index (κ1) is 18.4. The van der Waals surface area contributed by atoms with Crippen molar-refractivity contribution in [3.63, 3.8) is 0 Å². The highest BCUT2D eigenvalue weighted by molar-refractivity contribution is 5.69. The second kappa shape index (κ2) is 7.34. The molecule has 7 heteroatoms. The number of rotatable bonds is 7. The van der Waals surface area contributed by atoms with Gasteiger partial charge in [-0.25, -0.2) is 9.78 Å². The van der Waals surface area contributed by atoms with Gasteiger partial charge in [0.1, 0.15) is 0 Å². The van der Waals surface area contributed by atoms with Crippen LogP contribution in [0, 0.1) is 5.92 Å². The number of nitrogens with zero attached hydrogens (tertiary/aromatic N) is 5. The van der Waals surface area contributed by atoms with E-state index in [1.165, 1.54) is 9.13 Å². The minimum absolute atomic E-state index is 0.256. The van der Waals surface area contributed by atoms with E-state index in [1.54, 1.807) is 25.0 Å². The molecule has 0 saturated carbocycles. The summed E-state index contributed by atoms with van der Waals surface area (Å²) in [6, 6.07) is 0.481. The molecule has 1 atom stereocenters. The molecule has 2 aromatic heterocycles. The summed E-state index contributed by atoms with van der Waals surface area (Å²) in [6.07, 6.45) is 2.34. The van der Waals surface area contributed by atoms with E-state index >= 15 is 0 Å².